The van der Waals surface area contributed by atoms with Crippen LogP contribution >= 0.6 is 0 Å². The summed E-state index contributed by atoms with van der Waals surface area (Å²) >= 11 is 0. The van der Waals surface area contributed by atoms with Gasteiger partial charge in [0.25, 0.3) is 0 Å². The number of carbonyl (C=O) groups is 1. The number of carbonyl (C=O) groups excluding carboxylic acids is 1. The Morgan fingerprint density at radius 3 is 2.82 bits per heavy atom. The van der Waals surface area contributed by atoms with Gasteiger partial charge >= 0.3 is 0 Å². The third kappa shape index (κ3) is 3.83. The molecule has 0 bridgehead atoms. The Labute approximate surface area is 131 Å². The number of rotatable bonds is 5. The van der Waals surface area contributed by atoms with E-state index in [-0.39, 0.29) is 11.8 Å². The van der Waals surface area contributed by atoms with Gasteiger partial charge in [0.2, 0.25) is 5.91 Å². The lowest BCUT2D eigenvalue weighted by Gasteiger charge is -2.17. The maximum atomic E-state index is 12.3. The first-order valence-corrected chi connectivity index (χ1v) is 8.43. The summed E-state index contributed by atoms with van der Waals surface area (Å²) in [5, 5.41) is 10.2. The van der Waals surface area contributed by atoms with Crippen molar-refractivity contribution in [2.24, 2.45) is 11.8 Å². The Morgan fingerprint density at radius 1 is 1.27 bits per heavy atom. The molecular formula is C17H25N3O2. The molecule has 2 aliphatic rings. The van der Waals surface area contributed by atoms with E-state index in [1.807, 2.05) is 4.90 Å². The second kappa shape index (κ2) is 7.18. The molecule has 3 rings (SSSR count). The van der Waals surface area contributed by atoms with Gasteiger partial charge in [-0.3, -0.25) is 14.8 Å². The van der Waals surface area contributed by atoms with Crippen LogP contribution in [0, 0.1) is 11.8 Å². The summed E-state index contributed by atoms with van der Waals surface area (Å²) in [5.41, 5.74) is 0.881. The van der Waals surface area contributed by atoms with E-state index in [4.69, 9.17) is 0 Å². The highest BCUT2D eigenvalue weighted by Gasteiger charge is 2.34. The molecule has 1 amide bonds. The number of nitrogens with zero attached hydrogens (tertiary/aromatic N) is 3. The van der Waals surface area contributed by atoms with Crippen molar-refractivity contribution >= 4 is 5.91 Å². The molecule has 1 saturated carbocycles. The minimum Gasteiger partial charge on any atom is -0.391 e. The van der Waals surface area contributed by atoms with Gasteiger partial charge in [0, 0.05) is 44.0 Å². The molecule has 0 radical (unpaired) electrons. The number of aliphatic hydroxyl groups excluding tert-OH is 1. The molecule has 120 valence electrons. The van der Waals surface area contributed by atoms with E-state index in [9.17, 15) is 9.90 Å². The Morgan fingerprint density at radius 2 is 2.09 bits per heavy atom. The zero-order valence-electron chi connectivity index (χ0n) is 13.0. The SMILES string of the molecule is O=C(CCC1CCCC1)N1C[C@@H](Cc2cnccn2)[C@H](O)C1. The quantitative estimate of drug-likeness (QED) is 0.901. The zero-order valence-corrected chi connectivity index (χ0v) is 13.0. The summed E-state index contributed by atoms with van der Waals surface area (Å²) in [4.78, 5) is 22.5. The first kappa shape index (κ1) is 15.4. The standard InChI is InChI=1S/C17H25N3O2/c21-16-12-20(17(22)6-5-13-3-1-2-4-13)11-14(16)9-15-10-18-7-8-19-15/h7-8,10,13-14,16,21H,1-6,9,11-12H2/t14-,16-/m1/s1. The molecule has 0 unspecified atom stereocenters. The lowest BCUT2D eigenvalue weighted by Crippen LogP contribution is -2.29. The van der Waals surface area contributed by atoms with Crippen LogP contribution in [0.25, 0.3) is 0 Å². The average molecular weight is 303 g/mol. The summed E-state index contributed by atoms with van der Waals surface area (Å²) in [6.45, 7) is 1.11. The molecule has 1 aromatic heterocycles. The van der Waals surface area contributed by atoms with Crippen LogP contribution in [0.4, 0.5) is 0 Å². The predicted octanol–water partition coefficient (Wildman–Crippen LogP) is 1.81. The minimum atomic E-state index is -0.447. The molecule has 2 atom stereocenters. The Kier molecular flexibility index (Phi) is 5.03. The highest BCUT2D eigenvalue weighted by molar-refractivity contribution is 5.76. The fourth-order valence-corrected chi connectivity index (χ4v) is 3.75. The van der Waals surface area contributed by atoms with Crippen molar-refractivity contribution in [2.45, 2.75) is 51.0 Å². The van der Waals surface area contributed by atoms with Gasteiger partial charge in [-0.1, -0.05) is 25.7 Å². The number of β-amino-alcohol motifs (C(OH)–C–C–N with tert-alkyl or cyclic N) is 1. The third-order valence-electron chi connectivity index (χ3n) is 5.09. The topological polar surface area (TPSA) is 66.3 Å². The van der Waals surface area contributed by atoms with Gasteiger partial charge in [-0.05, 0) is 18.8 Å². The summed E-state index contributed by atoms with van der Waals surface area (Å²) in [5.74, 6) is 1.02. The van der Waals surface area contributed by atoms with Crippen molar-refractivity contribution in [1.29, 1.82) is 0 Å². The number of aromatic nitrogens is 2. The van der Waals surface area contributed by atoms with Crippen molar-refractivity contribution in [2.75, 3.05) is 13.1 Å². The summed E-state index contributed by atoms with van der Waals surface area (Å²) < 4.78 is 0. The molecule has 5 heteroatoms. The normalized spacial score (nSPS) is 25.8. The molecule has 1 aromatic rings. The highest BCUT2D eigenvalue weighted by atomic mass is 16.3. The van der Waals surface area contributed by atoms with Crippen LogP contribution in [0.5, 0.6) is 0 Å². The third-order valence-corrected chi connectivity index (χ3v) is 5.09. The Bertz CT molecular complexity index is 488. The molecule has 1 aliphatic carbocycles. The summed E-state index contributed by atoms with van der Waals surface area (Å²) in [6.07, 6.45) is 12.1. The maximum Gasteiger partial charge on any atom is 0.222 e. The van der Waals surface area contributed by atoms with Crippen LogP contribution in [0.3, 0.4) is 0 Å². The van der Waals surface area contributed by atoms with Gasteiger partial charge in [-0.2, -0.15) is 0 Å². The average Bonchev–Trinajstić information content (AvgIpc) is 3.16. The first-order valence-electron chi connectivity index (χ1n) is 8.43. The lowest BCUT2D eigenvalue weighted by molar-refractivity contribution is -0.130. The van der Waals surface area contributed by atoms with E-state index in [1.165, 1.54) is 25.7 Å². The molecule has 5 nitrogen and oxygen atoms in total. The predicted molar refractivity (Wildman–Crippen MR) is 83.0 cm³/mol. The summed E-state index contributed by atoms with van der Waals surface area (Å²) in [6, 6.07) is 0. The molecule has 0 spiro atoms. The van der Waals surface area contributed by atoms with Gasteiger partial charge < -0.3 is 10.0 Å². The van der Waals surface area contributed by atoms with E-state index < -0.39 is 6.10 Å². The number of hydrogen-bond acceptors (Lipinski definition) is 4. The molecule has 22 heavy (non-hydrogen) atoms. The van der Waals surface area contributed by atoms with E-state index >= 15 is 0 Å². The number of aliphatic hydroxyl groups is 1. The van der Waals surface area contributed by atoms with Gasteiger partial charge in [0.05, 0.1) is 11.8 Å². The zero-order chi connectivity index (χ0) is 15.4. The van der Waals surface area contributed by atoms with E-state index in [0.717, 1.165) is 18.0 Å². The van der Waals surface area contributed by atoms with Crippen LogP contribution in [0.2, 0.25) is 0 Å². The largest absolute Gasteiger partial charge is 0.391 e. The first-order chi connectivity index (χ1) is 10.7. The van der Waals surface area contributed by atoms with E-state index in [2.05, 4.69) is 9.97 Å². The minimum absolute atomic E-state index is 0.0760. The van der Waals surface area contributed by atoms with Crippen molar-refractivity contribution in [3.8, 4) is 0 Å². The fourth-order valence-electron chi connectivity index (χ4n) is 3.75. The molecular weight excluding hydrogens is 278 g/mol. The maximum absolute atomic E-state index is 12.3. The number of hydrogen-bond donors (Lipinski definition) is 1. The monoisotopic (exact) mass is 303 g/mol. The summed E-state index contributed by atoms with van der Waals surface area (Å²) in [7, 11) is 0. The molecule has 1 aliphatic heterocycles. The molecule has 0 aromatic carbocycles. The van der Waals surface area contributed by atoms with Crippen LogP contribution < -0.4 is 0 Å². The van der Waals surface area contributed by atoms with Crippen LogP contribution in [0.15, 0.2) is 18.6 Å². The second-order valence-electron chi connectivity index (χ2n) is 6.72. The van der Waals surface area contributed by atoms with Crippen molar-refractivity contribution in [1.82, 2.24) is 14.9 Å². The lowest BCUT2D eigenvalue weighted by atomic mass is 10.0. The molecule has 1 saturated heterocycles. The van der Waals surface area contributed by atoms with Crippen LogP contribution in [0.1, 0.15) is 44.2 Å². The number of likely N-dealkylation sites (tertiary alicyclic amines) is 1. The molecule has 2 fully saturated rings. The van der Waals surface area contributed by atoms with Crippen molar-refractivity contribution in [3.05, 3.63) is 24.3 Å². The van der Waals surface area contributed by atoms with Crippen LogP contribution in [-0.4, -0.2) is 45.1 Å². The van der Waals surface area contributed by atoms with E-state index in [0.29, 0.717) is 25.9 Å². The highest BCUT2D eigenvalue weighted by Crippen LogP contribution is 2.29. The Balaban J connectivity index is 1.48. The van der Waals surface area contributed by atoms with Crippen molar-refractivity contribution in [3.63, 3.8) is 0 Å². The molecule has 2 heterocycles. The van der Waals surface area contributed by atoms with Gasteiger partial charge in [-0.25, -0.2) is 0 Å². The second-order valence-corrected chi connectivity index (χ2v) is 6.72. The fraction of sp³-hybridized carbons (Fsp3) is 0.706. The smallest absolute Gasteiger partial charge is 0.222 e. The van der Waals surface area contributed by atoms with E-state index in [1.54, 1.807) is 18.6 Å². The van der Waals surface area contributed by atoms with Gasteiger partial charge in [-0.15, -0.1) is 0 Å². The van der Waals surface area contributed by atoms with Gasteiger partial charge in [0.1, 0.15) is 0 Å². The van der Waals surface area contributed by atoms with Crippen molar-refractivity contribution < 1.29 is 9.90 Å². The van der Waals surface area contributed by atoms with Crippen LogP contribution in [-0.2, 0) is 11.2 Å². The number of amides is 1. The Hall–Kier alpha value is -1.49. The van der Waals surface area contributed by atoms with Gasteiger partial charge in [0.15, 0.2) is 0 Å². The molecule has 1 N–H and O–H groups in total.